The van der Waals surface area contributed by atoms with E-state index >= 15 is 0 Å². The van der Waals surface area contributed by atoms with E-state index in [9.17, 15) is 8.42 Å². The molecule has 3 aromatic carbocycles. The highest BCUT2D eigenvalue weighted by Crippen LogP contribution is 2.21. The fourth-order valence-corrected chi connectivity index (χ4v) is 4.25. The lowest BCUT2D eigenvalue weighted by Gasteiger charge is -2.19. The molecule has 0 fully saturated rings. The van der Waals surface area contributed by atoms with Crippen LogP contribution >= 0.6 is 0 Å². The van der Waals surface area contributed by atoms with Crippen LogP contribution in [-0.4, -0.2) is 20.8 Å². The molecule has 0 atom stereocenters. The van der Waals surface area contributed by atoms with Crippen molar-refractivity contribution in [2.45, 2.75) is 12.8 Å². The maximum Gasteiger partial charge on any atom is 0.322 e. The quantitative estimate of drug-likeness (QED) is 0.700. The molecule has 0 bridgehead atoms. The largest absolute Gasteiger partial charge is 0.322 e. The maximum absolute atomic E-state index is 12.2. The standard InChI is InChI=1S/C22H21N3O2S/c26-28(27)24-20(15-19-11-6-10-18-9-4-5-12-21(18)19)16-22(25-28)23-14-13-17-7-2-1-3-8-17/h1-12,16,24H,13-15H2,(H,23,25). The molecule has 28 heavy (non-hydrogen) atoms. The van der Waals surface area contributed by atoms with Gasteiger partial charge in [-0.3, -0.25) is 14.4 Å². The van der Waals surface area contributed by atoms with Crippen LogP contribution in [0.5, 0.6) is 0 Å². The summed E-state index contributed by atoms with van der Waals surface area (Å²) >= 11 is 0. The van der Waals surface area contributed by atoms with Gasteiger partial charge in [-0.15, -0.1) is 0 Å². The van der Waals surface area contributed by atoms with Crippen molar-refractivity contribution in [2.75, 3.05) is 6.54 Å². The van der Waals surface area contributed by atoms with Gasteiger partial charge in [-0.2, -0.15) is 8.42 Å². The first-order valence-electron chi connectivity index (χ1n) is 9.15. The molecule has 6 heteroatoms. The third-order valence-corrected chi connectivity index (χ3v) is 5.61. The Hall–Kier alpha value is -3.12. The Labute approximate surface area is 165 Å². The van der Waals surface area contributed by atoms with Crippen LogP contribution < -0.4 is 9.44 Å². The molecule has 0 amide bonds. The van der Waals surface area contributed by atoms with E-state index < -0.39 is 10.2 Å². The van der Waals surface area contributed by atoms with Crippen molar-refractivity contribution in [3.8, 4) is 0 Å². The third-order valence-electron chi connectivity index (χ3n) is 4.60. The summed E-state index contributed by atoms with van der Waals surface area (Å²) in [6, 6.07) is 24.2. The number of benzene rings is 3. The normalized spacial score (nSPS) is 17.0. The molecule has 0 saturated carbocycles. The summed E-state index contributed by atoms with van der Waals surface area (Å²) in [5, 5.41) is 2.25. The Morgan fingerprint density at radius 1 is 0.821 bits per heavy atom. The van der Waals surface area contributed by atoms with Crippen LogP contribution in [0.15, 0.2) is 89.6 Å². The molecule has 0 aromatic heterocycles. The van der Waals surface area contributed by atoms with Gasteiger partial charge in [0.2, 0.25) is 0 Å². The Morgan fingerprint density at radius 3 is 2.43 bits per heavy atom. The van der Waals surface area contributed by atoms with Gasteiger partial charge in [0.1, 0.15) is 5.84 Å². The van der Waals surface area contributed by atoms with E-state index in [-0.39, 0.29) is 0 Å². The number of nitrogens with one attached hydrogen (secondary N) is 2. The van der Waals surface area contributed by atoms with E-state index in [1.54, 1.807) is 6.08 Å². The number of hydrogen-bond acceptors (Lipinski definition) is 3. The van der Waals surface area contributed by atoms with Gasteiger partial charge in [0, 0.05) is 24.7 Å². The van der Waals surface area contributed by atoms with Crippen LogP contribution in [0, 0.1) is 0 Å². The second-order valence-electron chi connectivity index (χ2n) is 6.69. The SMILES string of the molecule is O=S1(=O)NC(Cc2cccc3ccccc23)=CC(=NCCc2ccccc2)N1. The van der Waals surface area contributed by atoms with Crippen molar-refractivity contribution in [1.82, 2.24) is 9.44 Å². The minimum Gasteiger partial charge on any atom is -0.270 e. The van der Waals surface area contributed by atoms with Crippen molar-refractivity contribution in [3.63, 3.8) is 0 Å². The lowest BCUT2D eigenvalue weighted by Crippen LogP contribution is -2.44. The van der Waals surface area contributed by atoms with Crippen molar-refractivity contribution in [3.05, 3.63) is 95.7 Å². The smallest absolute Gasteiger partial charge is 0.270 e. The van der Waals surface area contributed by atoms with E-state index in [0.29, 0.717) is 24.5 Å². The van der Waals surface area contributed by atoms with E-state index in [0.717, 1.165) is 22.8 Å². The van der Waals surface area contributed by atoms with Crippen LogP contribution in [0.25, 0.3) is 10.8 Å². The highest BCUT2D eigenvalue weighted by molar-refractivity contribution is 7.88. The zero-order valence-electron chi connectivity index (χ0n) is 15.3. The zero-order valence-corrected chi connectivity index (χ0v) is 16.1. The van der Waals surface area contributed by atoms with Crippen LogP contribution in [0.2, 0.25) is 0 Å². The van der Waals surface area contributed by atoms with E-state index in [1.807, 2.05) is 54.6 Å². The Kier molecular flexibility index (Phi) is 5.12. The van der Waals surface area contributed by atoms with Crippen molar-refractivity contribution >= 4 is 26.8 Å². The Morgan fingerprint density at radius 2 is 1.57 bits per heavy atom. The van der Waals surface area contributed by atoms with Crippen molar-refractivity contribution in [1.29, 1.82) is 0 Å². The van der Waals surface area contributed by atoms with Gasteiger partial charge in [0.15, 0.2) is 0 Å². The zero-order chi connectivity index (χ0) is 19.4. The molecule has 3 aromatic rings. The lowest BCUT2D eigenvalue weighted by atomic mass is 10.0. The topological polar surface area (TPSA) is 70.6 Å². The van der Waals surface area contributed by atoms with E-state index in [2.05, 4.69) is 32.6 Å². The Bertz CT molecular complexity index is 1150. The number of rotatable bonds is 5. The first kappa shape index (κ1) is 18.3. The molecule has 1 heterocycles. The van der Waals surface area contributed by atoms with Crippen LogP contribution in [-0.2, 0) is 23.1 Å². The molecular formula is C22H21N3O2S. The summed E-state index contributed by atoms with van der Waals surface area (Å²) in [7, 11) is -3.65. The van der Waals surface area contributed by atoms with E-state index in [4.69, 9.17) is 0 Å². The molecule has 4 rings (SSSR count). The van der Waals surface area contributed by atoms with Crippen LogP contribution in [0.4, 0.5) is 0 Å². The van der Waals surface area contributed by atoms with Crippen molar-refractivity contribution in [2.24, 2.45) is 4.99 Å². The number of hydrogen-bond donors (Lipinski definition) is 2. The molecule has 1 aliphatic rings. The summed E-state index contributed by atoms with van der Waals surface area (Å²) in [6.07, 6.45) is 3.01. The first-order chi connectivity index (χ1) is 13.6. The molecule has 0 saturated heterocycles. The second kappa shape index (κ2) is 7.86. The van der Waals surface area contributed by atoms with Crippen molar-refractivity contribution < 1.29 is 8.42 Å². The first-order valence-corrected chi connectivity index (χ1v) is 10.6. The van der Waals surface area contributed by atoms with Gasteiger partial charge in [-0.1, -0.05) is 72.8 Å². The average molecular weight is 391 g/mol. The minimum atomic E-state index is -3.65. The number of allylic oxidation sites excluding steroid dienone is 1. The fourth-order valence-electron chi connectivity index (χ4n) is 3.33. The summed E-state index contributed by atoms with van der Waals surface area (Å²) in [4.78, 5) is 4.44. The molecule has 1 aliphatic heterocycles. The summed E-state index contributed by atoms with van der Waals surface area (Å²) in [5.41, 5.74) is 2.84. The molecule has 2 N–H and O–H groups in total. The number of aliphatic imine (C=N–C) groups is 1. The molecule has 0 unspecified atom stereocenters. The van der Waals surface area contributed by atoms with Gasteiger partial charge in [0.25, 0.3) is 0 Å². The van der Waals surface area contributed by atoms with Gasteiger partial charge in [-0.25, -0.2) is 0 Å². The molecule has 0 aliphatic carbocycles. The number of amidine groups is 1. The minimum absolute atomic E-state index is 0.366. The maximum atomic E-state index is 12.2. The molecule has 5 nitrogen and oxygen atoms in total. The monoisotopic (exact) mass is 391 g/mol. The summed E-state index contributed by atoms with van der Waals surface area (Å²) in [6.45, 7) is 0.514. The van der Waals surface area contributed by atoms with Gasteiger partial charge in [-0.05, 0) is 28.3 Å². The highest BCUT2D eigenvalue weighted by atomic mass is 32.2. The van der Waals surface area contributed by atoms with Gasteiger partial charge >= 0.3 is 10.2 Å². The molecule has 0 radical (unpaired) electrons. The van der Waals surface area contributed by atoms with Crippen LogP contribution in [0.1, 0.15) is 11.1 Å². The molecular weight excluding hydrogens is 370 g/mol. The highest BCUT2D eigenvalue weighted by Gasteiger charge is 2.20. The molecule has 0 spiro atoms. The lowest BCUT2D eigenvalue weighted by molar-refractivity contribution is 0.582. The van der Waals surface area contributed by atoms with E-state index in [1.165, 1.54) is 5.56 Å². The average Bonchev–Trinajstić information content (AvgIpc) is 2.68. The van der Waals surface area contributed by atoms with Crippen LogP contribution in [0.3, 0.4) is 0 Å². The predicted octanol–water partition coefficient (Wildman–Crippen LogP) is 3.35. The van der Waals surface area contributed by atoms with Gasteiger partial charge < -0.3 is 0 Å². The second-order valence-corrected chi connectivity index (χ2v) is 8.11. The summed E-state index contributed by atoms with van der Waals surface area (Å²) < 4.78 is 29.5. The number of fused-ring (bicyclic) bond motifs is 1. The third kappa shape index (κ3) is 4.40. The molecule has 142 valence electrons. The van der Waals surface area contributed by atoms with Gasteiger partial charge in [0.05, 0.1) is 0 Å². The predicted molar refractivity (Wildman–Crippen MR) is 113 cm³/mol. The Balaban J connectivity index is 1.56. The summed E-state index contributed by atoms with van der Waals surface area (Å²) in [5.74, 6) is 0.366. The number of nitrogens with zero attached hydrogens (tertiary/aromatic N) is 1. The fraction of sp³-hybridized carbons (Fsp3) is 0.136.